The molecular weight excluding hydrogens is 206 g/mol. The average Bonchev–Trinajstić information content (AvgIpc) is 2.22. The second kappa shape index (κ2) is 7.22. The highest BCUT2D eigenvalue weighted by molar-refractivity contribution is 4.82. The van der Waals surface area contributed by atoms with E-state index in [1.165, 1.54) is 0 Å². The third-order valence-corrected chi connectivity index (χ3v) is 2.95. The van der Waals surface area contributed by atoms with Crippen LogP contribution < -0.4 is 0 Å². The van der Waals surface area contributed by atoms with Gasteiger partial charge < -0.3 is 19.5 Å². The molecule has 0 bridgehead atoms. The zero-order chi connectivity index (χ0) is 11.9. The Labute approximate surface area is 98.5 Å². The van der Waals surface area contributed by atoms with Crippen molar-refractivity contribution >= 4 is 0 Å². The third kappa shape index (κ3) is 5.80. The Morgan fingerprint density at radius 2 is 2.12 bits per heavy atom. The molecular formula is C12H25NO3. The van der Waals surface area contributed by atoms with Gasteiger partial charge in [0.2, 0.25) is 0 Å². The van der Waals surface area contributed by atoms with Crippen LogP contribution >= 0.6 is 0 Å². The van der Waals surface area contributed by atoms with E-state index in [0.29, 0.717) is 13.2 Å². The predicted octanol–water partition coefficient (Wildman–Crippen LogP) is 0.886. The van der Waals surface area contributed by atoms with Gasteiger partial charge in [-0.3, -0.25) is 0 Å². The van der Waals surface area contributed by atoms with Crippen LogP contribution in [-0.2, 0) is 9.47 Å². The van der Waals surface area contributed by atoms with Gasteiger partial charge in [0.1, 0.15) is 0 Å². The molecule has 4 heteroatoms. The smallest absolute Gasteiger partial charge is 0.0746 e. The molecule has 16 heavy (non-hydrogen) atoms. The van der Waals surface area contributed by atoms with E-state index in [1.54, 1.807) is 7.11 Å². The van der Waals surface area contributed by atoms with Gasteiger partial charge >= 0.3 is 0 Å². The van der Waals surface area contributed by atoms with Crippen LogP contribution in [0.3, 0.4) is 0 Å². The number of aliphatic hydroxyl groups is 1. The van der Waals surface area contributed by atoms with Crippen LogP contribution in [0.5, 0.6) is 0 Å². The van der Waals surface area contributed by atoms with Crippen molar-refractivity contribution in [2.45, 2.75) is 31.8 Å². The van der Waals surface area contributed by atoms with Crippen molar-refractivity contribution < 1.29 is 14.6 Å². The molecule has 4 nitrogen and oxygen atoms in total. The molecule has 1 fully saturated rings. The molecule has 1 heterocycles. The van der Waals surface area contributed by atoms with Gasteiger partial charge in [-0.15, -0.1) is 0 Å². The molecule has 1 unspecified atom stereocenters. The van der Waals surface area contributed by atoms with Crippen LogP contribution in [0.4, 0.5) is 0 Å². The molecule has 1 atom stereocenters. The lowest BCUT2D eigenvalue weighted by molar-refractivity contribution is -0.0185. The van der Waals surface area contributed by atoms with Crippen molar-refractivity contribution in [3.8, 4) is 0 Å². The maximum Gasteiger partial charge on any atom is 0.0746 e. The molecule has 96 valence electrons. The number of nitrogens with zero attached hydrogens (tertiary/aromatic N) is 1. The SMILES string of the molecule is COCCOCCCN1CCCC(C)(O)C1. The highest BCUT2D eigenvalue weighted by atomic mass is 16.5. The molecule has 0 amide bonds. The predicted molar refractivity (Wildman–Crippen MR) is 63.6 cm³/mol. The molecule has 1 N–H and O–H groups in total. The first-order valence-corrected chi connectivity index (χ1v) is 6.15. The number of piperidine rings is 1. The minimum absolute atomic E-state index is 0.491. The molecule has 0 saturated carbocycles. The number of hydrogen-bond acceptors (Lipinski definition) is 4. The lowest BCUT2D eigenvalue weighted by Gasteiger charge is -2.36. The van der Waals surface area contributed by atoms with Crippen LogP contribution in [0.1, 0.15) is 26.2 Å². The topological polar surface area (TPSA) is 41.9 Å². The lowest BCUT2D eigenvalue weighted by Crippen LogP contribution is -2.46. The lowest BCUT2D eigenvalue weighted by atomic mass is 9.95. The fraction of sp³-hybridized carbons (Fsp3) is 1.00. The first-order valence-electron chi connectivity index (χ1n) is 6.15. The van der Waals surface area contributed by atoms with E-state index in [9.17, 15) is 5.11 Å². The van der Waals surface area contributed by atoms with E-state index >= 15 is 0 Å². The van der Waals surface area contributed by atoms with Crippen LogP contribution in [-0.4, -0.2) is 62.2 Å². The molecule has 0 aliphatic carbocycles. The van der Waals surface area contributed by atoms with E-state index in [2.05, 4.69) is 4.90 Å². The average molecular weight is 231 g/mol. The molecule has 0 spiro atoms. The quantitative estimate of drug-likeness (QED) is 0.661. The fourth-order valence-electron chi connectivity index (χ4n) is 2.15. The largest absolute Gasteiger partial charge is 0.389 e. The van der Waals surface area contributed by atoms with Gasteiger partial charge in [0.15, 0.2) is 0 Å². The second-order valence-electron chi connectivity index (χ2n) is 4.84. The summed E-state index contributed by atoms with van der Waals surface area (Å²) in [5.41, 5.74) is -0.491. The van der Waals surface area contributed by atoms with E-state index in [0.717, 1.165) is 45.5 Å². The number of β-amino-alcohol motifs (C(OH)–C–C–N with tert-alkyl or cyclic N) is 1. The number of ether oxygens (including phenoxy) is 2. The van der Waals surface area contributed by atoms with Gasteiger partial charge in [0, 0.05) is 26.8 Å². The molecule has 1 aliphatic heterocycles. The number of methoxy groups -OCH3 is 1. The van der Waals surface area contributed by atoms with Crippen LogP contribution in [0, 0.1) is 0 Å². The van der Waals surface area contributed by atoms with Gasteiger partial charge in [-0.05, 0) is 32.7 Å². The van der Waals surface area contributed by atoms with Crippen molar-refractivity contribution in [2.24, 2.45) is 0 Å². The second-order valence-corrected chi connectivity index (χ2v) is 4.84. The Morgan fingerprint density at radius 3 is 2.81 bits per heavy atom. The van der Waals surface area contributed by atoms with E-state index in [1.807, 2.05) is 6.92 Å². The first kappa shape index (κ1) is 13.9. The van der Waals surface area contributed by atoms with Crippen molar-refractivity contribution in [1.82, 2.24) is 4.90 Å². The minimum Gasteiger partial charge on any atom is -0.389 e. The summed E-state index contributed by atoms with van der Waals surface area (Å²) in [7, 11) is 1.68. The Bertz CT molecular complexity index is 185. The summed E-state index contributed by atoms with van der Waals surface area (Å²) in [4.78, 5) is 2.32. The van der Waals surface area contributed by atoms with Gasteiger partial charge in [0.05, 0.1) is 18.8 Å². The molecule has 0 radical (unpaired) electrons. The third-order valence-electron chi connectivity index (χ3n) is 2.95. The molecule has 1 aliphatic rings. The zero-order valence-electron chi connectivity index (χ0n) is 10.6. The van der Waals surface area contributed by atoms with Crippen molar-refractivity contribution in [3.63, 3.8) is 0 Å². The fourth-order valence-corrected chi connectivity index (χ4v) is 2.15. The Balaban J connectivity index is 2.00. The van der Waals surface area contributed by atoms with E-state index in [4.69, 9.17) is 9.47 Å². The number of hydrogen-bond donors (Lipinski definition) is 1. The monoisotopic (exact) mass is 231 g/mol. The maximum absolute atomic E-state index is 9.93. The minimum atomic E-state index is -0.491. The standard InChI is InChI=1S/C12H25NO3/c1-12(14)5-3-6-13(11-12)7-4-8-16-10-9-15-2/h14H,3-11H2,1-2H3. The van der Waals surface area contributed by atoms with Crippen LogP contribution in [0.15, 0.2) is 0 Å². The first-order chi connectivity index (χ1) is 7.64. The Hall–Kier alpha value is -0.160. The van der Waals surface area contributed by atoms with Crippen LogP contribution in [0.2, 0.25) is 0 Å². The number of rotatable bonds is 7. The number of likely N-dealkylation sites (tertiary alicyclic amines) is 1. The molecule has 1 saturated heterocycles. The Kier molecular flexibility index (Phi) is 6.28. The normalized spacial score (nSPS) is 27.2. The van der Waals surface area contributed by atoms with E-state index < -0.39 is 5.60 Å². The summed E-state index contributed by atoms with van der Waals surface area (Å²) in [6, 6.07) is 0. The summed E-state index contributed by atoms with van der Waals surface area (Å²) in [6.07, 6.45) is 3.05. The van der Waals surface area contributed by atoms with Crippen molar-refractivity contribution in [1.29, 1.82) is 0 Å². The summed E-state index contributed by atoms with van der Waals surface area (Å²) in [5.74, 6) is 0. The van der Waals surface area contributed by atoms with Gasteiger partial charge in [-0.25, -0.2) is 0 Å². The zero-order valence-corrected chi connectivity index (χ0v) is 10.6. The highest BCUT2D eigenvalue weighted by Crippen LogP contribution is 2.19. The van der Waals surface area contributed by atoms with Gasteiger partial charge in [-0.1, -0.05) is 0 Å². The summed E-state index contributed by atoms with van der Waals surface area (Å²) in [6.45, 7) is 6.96. The summed E-state index contributed by atoms with van der Waals surface area (Å²) < 4.78 is 10.3. The van der Waals surface area contributed by atoms with Gasteiger partial charge in [-0.2, -0.15) is 0 Å². The Morgan fingerprint density at radius 1 is 1.31 bits per heavy atom. The summed E-state index contributed by atoms with van der Waals surface area (Å²) in [5, 5.41) is 9.93. The highest BCUT2D eigenvalue weighted by Gasteiger charge is 2.27. The van der Waals surface area contributed by atoms with Crippen LogP contribution in [0.25, 0.3) is 0 Å². The van der Waals surface area contributed by atoms with Crippen molar-refractivity contribution in [3.05, 3.63) is 0 Å². The summed E-state index contributed by atoms with van der Waals surface area (Å²) >= 11 is 0. The molecule has 1 rings (SSSR count). The molecule has 0 aromatic carbocycles. The van der Waals surface area contributed by atoms with Crippen molar-refractivity contribution in [2.75, 3.05) is 46.6 Å². The van der Waals surface area contributed by atoms with Gasteiger partial charge in [0.25, 0.3) is 0 Å². The molecule has 0 aromatic heterocycles. The molecule has 0 aromatic rings. The van der Waals surface area contributed by atoms with E-state index in [-0.39, 0.29) is 0 Å². The maximum atomic E-state index is 9.93.